The minimum absolute atomic E-state index is 0.113. The Labute approximate surface area is 139 Å². The molecule has 4 aliphatic carbocycles. The van der Waals surface area contributed by atoms with Crippen LogP contribution in [0.3, 0.4) is 0 Å². The standard InChI is InChI=1S/C20H30O3/c1-18(2)14-6-9-20-10-12(13(11-20)17(22)23)4-5-15(20)19(14,3)8-7-16(18)21/h12-15H,4-11H2,1-3H3,(H,22,23)/t12-,13-,14+,15-,19+,20-/m1/s1. The molecule has 3 nitrogen and oxygen atoms in total. The lowest BCUT2D eigenvalue weighted by molar-refractivity contribution is -0.165. The first-order valence-corrected chi connectivity index (χ1v) is 9.47. The fourth-order valence-corrected chi connectivity index (χ4v) is 7.76. The number of carbonyl (C=O) groups is 2. The molecule has 23 heavy (non-hydrogen) atoms. The Bertz CT molecular complexity index is 565. The van der Waals surface area contributed by atoms with Gasteiger partial charge in [-0.2, -0.15) is 0 Å². The van der Waals surface area contributed by atoms with Crippen LogP contribution in [0, 0.1) is 39.9 Å². The van der Waals surface area contributed by atoms with Gasteiger partial charge >= 0.3 is 5.97 Å². The predicted octanol–water partition coefficient (Wildman–Crippen LogP) is 4.30. The third-order valence-electron chi connectivity index (χ3n) is 8.75. The number of carbonyl (C=O) groups excluding carboxylic acids is 1. The third-order valence-corrected chi connectivity index (χ3v) is 8.75. The Morgan fingerprint density at radius 1 is 1.04 bits per heavy atom. The van der Waals surface area contributed by atoms with Gasteiger partial charge in [0.05, 0.1) is 5.92 Å². The van der Waals surface area contributed by atoms with Crippen molar-refractivity contribution in [3.8, 4) is 0 Å². The summed E-state index contributed by atoms with van der Waals surface area (Å²) in [6.07, 6.45) is 8.30. The maximum Gasteiger partial charge on any atom is 0.306 e. The number of ketones is 1. The van der Waals surface area contributed by atoms with Crippen molar-refractivity contribution >= 4 is 11.8 Å². The number of hydrogen-bond donors (Lipinski definition) is 1. The second-order valence-corrected chi connectivity index (χ2v) is 9.85. The molecule has 0 saturated heterocycles. The topological polar surface area (TPSA) is 54.4 Å². The molecular formula is C20H30O3. The van der Waals surface area contributed by atoms with Gasteiger partial charge in [0.15, 0.2) is 0 Å². The number of hydrogen-bond acceptors (Lipinski definition) is 2. The molecule has 0 radical (unpaired) electrons. The van der Waals surface area contributed by atoms with Crippen LogP contribution in [-0.2, 0) is 9.59 Å². The Kier molecular flexibility index (Phi) is 3.14. The average molecular weight is 318 g/mol. The number of fused-ring (bicyclic) bond motifs is 3. The van der Waals surface area contributed by atoms with Gasteiger partial charge in [-0.3, -0.25) is 9.59 Å². The highest BCUT2D eigenvalue weighted by Crippen LogP contribution is 2.71. The van der Waals surface area contributed by atoms with Crippen LogP contribution in [0.2, 0.25) is 0 Å². The maximum atomic E-state index is 12.5. The van der Waals surface area contributed by atoms with Gasteiger partial charge < -0.3 is 5.11 Å². The minimum atomic E-state index is -0.570. The van der Waals surface area contributed by atoms with Crippen LogP contribution in [0.15, 0.2) is 0 Å². The van der Waals surface area contributed by atoms with Gasteiger partial charge in [-0.25, -0.2) is 0 Å². The Hall–Kier alpha value is -0.860. The zero-order valence-electron chi connectivity index (χ0n) is 14.7. The van der Waals surface area contributed by atoms with E-state index in [-0.39, 0.29) is 22.2 Å². The molecule has 0 aromatic carbocycles. The number of carboxylic acid groups (broad SMARTS) is 1. The molecule has 0 aromatic heterocycles. The maximum absolute atomic E-state index is 12.5. The summed E-state index contributed by atoms with van der Waals surface area (Å²) in [4.78, 5) is 24.2. The second-order valence-electron chi connectivity index (χ2n) is 9.85. The molecule has 4 rings (SSSR count). The molecule has 2 bridgehead atoms. The van der Waals surface area contributed by atoms with Crippen molar-refractivity contribution < 1.29 is 14.7 Å². The minimum Gasteiger partial charge on any atom is -0.481 e. The van der Waals surface area contributed by atoms with E-state index < -0.39 is 5.97 Å². The van der Waals surface area contributed by atoms with Gasteiger partial charge in [0, 0.05) is 11.8 Å². The van der Waals surface area contributed by atoms with Crippen molar-refractivity contribution in [2.75, 3.05) is 0 Å². The zero-order valence-corrected chi connectivity index (χ0v) is 14.7. The summed E-state index contributed by atoms with van der Waals surface area (Å²) in [6.45, 7) is 6.76. The van der Waals surface area contributed by atoms with Gasteiger partial charge in [-0.15, -0.1) is 0 Å². The largest absolute Gasteiger partial charge is 0.481 e. The monoisotopic (exact) mass is 318 g/mol. The van der Waals surface area contributed by atoms with Crippen LogP contribution in [-0.4, -0.2) is 16.9 Å². The summed E-state index contributed by atoms with van der Waals surface area (Å²) < 4.78 is 0. The van der Waals surface area contributed by atoms with Gasteiger partial charge in [-0.1, -0.05) is 20.8 Å². The average Bonchev–Trinajstić information content (AvgIpc) is 2.75. The predicted molar refractivity (Wildman–Crippen MR) is 87.9 cm³/mol. The van der Waals surface area contributed by atoms with Crippen molar-refractivity contribution in [3.63, 3.8) is 0 Å². The van der Waals surface area contributed by atoms with Crippen LogP contribution in [0.25, 0.3) is 0 Å². The Morgan fingerprint density at radius 3 is 2.48 bits per heavy atom. The van der Waals surface area contributed by atoms with Crippen molar-refractivity contribution in [1.29, 1.82) is 0 Å². The lowest BCUT2D eigenvalue weighted by atomic mass is 9.41. The molecule has 4 saturated carbocycles. The highest BCUT2D eigenvalue weighted by Gasteiger charge is 2.65. The van der Waals surface area contributed by atoms with Crippen LogP contribution >= 0.6 is 0 Å². The van der Waals surface area contributed by atoms with Crippen molar-refractivity contribution in [1.82, 2.24) is 0 Å². The van der Waals surface area contributed by atoms with Crippen molar-refractivity contribution in [2.24, 2.45) is 39.9 Å². The summed E-state index contributed by atoms with van der Waals surface area (Å²) in [5.41, 5.74) is 0.290. The van der Waals surface area contributed by atoms with E-state index in [4.69, 9.17) is 0 Å². The zero-order chi connectivity index (χ0) is 16.6. The van der Waals surface area contributed by atoms with E-state index in [1.807, 2.05) is 0 Å². The quantitative estimate of drug-likeness (QED) is 0.784. The Morgan fingerprint density at radius 2 is 1.78 bits per heavy atom. The second kappa shape index (κ2) is 4.61. The first-order valence-electron chi connectivity index (χ1n) is 9.47. The van der Waals surface area contributed by atoms with E-state index in [2.05, 4.69) is 20.8 Å². The molecule has 0 unspecified atom stereocenters. The van der Waals surface area contributed by atoms with Gasteiger partial charge in [-0.05, 0) is 73.5 Å². The van der Waals surface area contributed by atoms with Gasteiger partial charge in [0.2, 0.25) is 0 Å². The van der Waals surface area contributed by atoms with Crippen LogP contribution < -0.4 is 0 Å². The lowest BCUT2D eigenvalue weighted by Gasteiger charge is -2.63. The molecule has 0 amide bonds. The van der Waals surface area contributed by atoms with E-state index >= 15 is 0 Å². The molecule has 0 aliphatic heterocycles. The molecule has 4 aliphatic rings. The summed E-state index contributed by atoms with van der Waals surface area (Å²) in [5.74, 6) is 1.27. The van der Waals surface area contributed by atoms with E-state index in [9.17, 15) is 14.7 Å². The fraction of sp³-hybridized carbons (Fsp3) is 0.900. The van der Waals surface area contributed by atoms with Crippen molar-refractivity contribution in [3.05, 3.63) is 0 Å². The SMILES string of the molecule is CC1(C)C(=O)CC[C@@]2(C)[C@H]1CC[C@]13C[C@@H](CC[C@@H]12)[C@H](C(=O)O)C3. The highest BCUT2D eigenvalue weighted by atomic mass is 16.4. The molecule has 1 spiro atoms. The van der Waals surface area contributed by atoms with Gasteiger partial charge in [0.25, 0.3) is 0 Å². The summed E-state index contributed by atoms with van der Waals surface area (Å²) in [5, 5.41) is 9.62. The molecule has 4 fully saturated rings. The van der Waals surface area contributed by atoms with E-state index in [1.54, 1.807) is 0 Å². The Balaban J connectivity index is 1.71. The van der Waals surface area contributed by atoms with E-state index in [0.717, 1.165) is 44.9 Å². The molecule has 1 N–H and O–H groups in total. The molecule has 0 aromatic rings. The molecular weight excluding hydrogens is 288 g/mol. The van der Waals surface area contributed by atoms with Gasteiger partial charge in [0.1, 0.15) is 5.78 Å². The number of Topliss-reactive ketones (excluding diaryl/α,β-unsaturated/α-hetero) is 1. The number of aliphatic carboxylic acids is 1. The first-order chi connectivity index (χ1) is 10.7. The van der Waals surface area contributed by atoms with Crippen molar-refractivity contribution in [2.45, 2.75) is 72.1 Å². The fourth-order valence-electron chi connectivity index (χ4n) is 7.76. The number of carboxylic acids is 1. The molecule has 0 heterocycles. The lowest BCUT2D eigenvalue weighted by Crippen LogP contribution is -2.58. The third kappa shape index (κ3) is 1.88. The highest BCUT2D eigenvalue weighted by molar-refractivity contribution is 5.85. The van der Waals surface area contributed by atoms with E-state index in [1.165, 1.54) is 6.42 Å². The molecule has 3 heteroatoms. The molecule has 6 atom stereocenters. The number of rotatable bonds is 1. The summed E-state index contributed by atoms with van der Waals surface area (Å²) in [6, 6.07) is 0. The van der Waals surface area contributed by atoms with E-state index in [0.29, 0.717) is 23.5 Å². The summed E-state index contributed by atoms with van der Waals surface area (Å²) in [7, 11) is 0. The normalized spacial score (nSPS) is 51.0. The molecule has 128 valence electrons. The van der Waals surface area contributed by atoms with Crippen LogP contribution in [0.5, 0.6) is 0 Å². The van der Waals surface area contributed by atoms with Crippen LogP contribution in [0.1, 0.15) is 72.1 Å². The smallest absolute Gasteiger partial charge is 0.306 e. The first kappa shape index (κ1) is 15.7. The summed E-state index contributed by atoms with van der Waals surface area (Å²) >= 11 is 0. The van der Waals surface area contributed by atoms with Crippen LogP contribution in [0.4, 0.5) is 0 Å².